The third kappa shape index (κ3) is 4.11. The summed E-state index contributed by atoms with van der Waals surface area (Å²) in [4.78, 5) is 0. The van der Waals surface area contributed by atoms with Crippen LogP contribution >= 0.6 is 11.3 Å². The Bertz CT molecular complexity index is 2310. The van der Waals surface area contributed by atoms with Gasteiger partial charge in [0.2, 0.25) is 0 Å². The Morgan fingerprint density at radius 2 is 1.35 bits per heavy atom. The number of fused-ring (bicyclic) bond motifs is 5. The van der Waals surface area contributed by atoms with Gasteiger partial charge in [-0.25, -0.2) is 0 Å². The molecule has 43 heavy (non-hydrogen) atoms. The molecule has 0 aliphatic carbocycles. The molecule has 0 spiro atoms. The molecule has 1 heterocycles. The van der Waals surface area contributed by atoms with Gasteiger partial charge in [0.05, 0.1) is 0 Å². The van der Waals surface area contributed by atoms with Crippen molar-refractivity contribution in [3.8, 4) is 28.0 Å². The van der Waals surface area contributed by atoms with Crippen LogP contribution in [0, 0.1) is 0 Å². The molecule has 0 bridgehead atoms. The maximum absolute atomic E-state index is 11.0. The van der Waals surface area contributed by atoms with Crippen LogP contribution in [0.3, 0.4) is 0 Å². The van der Waals surface area contributed by atoms with Gasteiger partial charge in [-0.3, -0.25) is 0 Å². The average molecular weight is 560 g/mol. The Labute approximate surface area is 258 Å². The van der Waals surface area contributed by atoms with Gasteiger partial charge in [0.15, 0.2) is 0 Å². The molecule has 0 saturated carbocycles. The number of hydrogen-bond acceptors (Lipinski definition) is 2. The fourth-order valence-corrected chi connectivity index (χ4v) is 7.55. The number of phenolic OH excluding ortho intramolecular Hbond substituents is 1. The predicted octanol–water partition coefficient (Wildman–Crippen LogP) is 7.54. The number of thiophene rings is 1. The highest BCUT2D eigenvalue weighted by Gasteiger charge is 2.24. The monoisotopic (exact) mass is 560 g/mol. The zero-order valence-corrected chi connectivity index (χ0v) is 24.2. The van der Waals surface area contributed by atoms with Gasteiger partial charge in [-0.1, -0.05) is 127 Å². The van der Waals surface area contributed by atoms with E-state index in [9.17, 15) is 5.11 Å². The molecule has 1 aromatic heterocycles. The molecule has 0 aliphatic rings. The first-order valence-corrected chi connectivity index (χ1v) is 14.8. The van der Waals surface area contributed by atoms with Gasteiger partial charge in [-0.2, -0.15) is 0 Å². The highest BCUT2D eigenvalue weighted by Crippen LogP contribution is 2.47. The normalized spacial score (nSPS) is 11.7. The van der Waals surface area contributed by atoms with Crippen LogP contribution in [-0.2, 0) is 0 Å². The van der Waals surface area contributed by atoms with Crippen LogP contribution in [0.15, 0.2) is 122 Å². The lowest BCUT2D eigenvalue weighted by molar-refractivity contribution is 0.485. The van der Waals surface area contributed by atoms with Crippen LogP contribution in [0.5, 0.6) is 5.75 Å². The second-order valence-electron chi connectivity index (χ2n) is 10.6. The number of rotatable bonds is 5. The summed E-state index contributed by atoms with van der Waals surface area (Å²) < 4.78 is 2.38. The summed E-state index contributed by atoms with van der Waals surface area (Å²) in [7, 11) is 19.9. The van der Waals surface area contributed by atoms with Crippen LogP contribution in [0.2, 0.25) is 0 Å². The quantitative estimate of drug-likeness (QED) is 0.131. The SMILES string of the molecule is [B]c1c(O)c([B])c2c(C(=C)/C=C\C=C)c3ccccc3c(-c3cccc4sc5c(-c6ccccc6)cccc5c34)c2c1[B]. The summed E-state index contributed by atoms with van der Waals surface area (Å²) >= 11 is 1.78. The maximum Gasteiger partial charge on any atom is 0.119 e. The second kappa shape index (κ2) is 10.5. The van der Waals surface area contributed by atoms with Gasteiger partial charge in [0.1, 0.15) is 29.3 Å². The fraction of sp³-hybridized carbons (Fsp3) is 0. The molecule has 0 atom stereocenters. The van der Waals surface area contributed by atoms with Gasteiger partial charge < -0.3 is 5.11 Å². The number of hydrogen-bond donors (Lipinski definition) is 1. The summed E-state index contributed by atoms with van der Waals surface area (Å²) in [5, 5.41) is 16.6. The first-order chi connectivity index (χ1) is 20.9. The van der Waals surface area contributed by atoms with Crippen molar-refractivity contribution in [1.82, 2.24) is 0 Å². The molecule has 196 valence electrons. The predicted molar refractivity (Wildman–Crippen MR) is 191 cm³/mol. The average Bonchev–Trinajstić information content (AvgIpc) is 3.44. The third-order valence-corrected chi connectivity index (χ3v) is 9.39. The van der Waals surface area contributed by atoms with Crippen molar-refractivity contribution in [1.29, 1.82) is 0 Å². The Morgan fingerprint density at radius 1 is 0.674 bits per heavy atom. The standard InChI is InChI=1S/C38H23B3OS/c1-3-4-12-21(2)29-24-15-8-9-16-25(24)31(33-32(29)35(40)37(42)36(41)34(33)39)26-18-11-20-28-30(26)27-19-10-17-23(38(27)43-28)22-13-6-5-7-14-22/h3-20,42H,1-2H2/b12-4-. The minimum absolute atomic E-state index is 0.0634. The molecule has 7 aromatic rings. The molecule has 7 rings (SSSR count). The molecule has 5 heteroatoms. The third-order valence-electron chi connectivity index (χ3n) is 8.19. The Balaban J connectivity index is 1.70. The Kier molecular flexibility index (Phi) is 6.64. The minimum Gasteiger partial charge on any atom is -0.509 e. The van der Waals surface area contributed by atoms with Crippen molar-refractivity contribution in [2.45, 2.75) is 0 Å². The molecule has 0 unspecified atom stereocenters. The molecular formula is C38H23B3OS. The van der Waals surface area contributed by atoms with Crippen molar-refractivity contribution < 1.29 is 5.11 Å². The Hall–Kier alpha value is -4.73. The largest absolute Gasteiger partial charge is 0.509 e. The van der Waals surface area contributed by atoms with Crippen molar-refractivity contribution >= 4 is 98.6 Å². The van der Waals surface area contributed by atoms with Crippen LogP contribution < -0.4 is 16.4 Å². The molecule has 0 saturated heterocycles. The van der Waals surface area contributed by atoms with E-state index in [0.717, 1.165) is 48.5 Å². The smallest absolute Gasteiger partial charge is 0.119 e. The molecule has 0 amide bonds. The molecule has 6 radical (unpaired) electrons. The van der Waals surface area contributed by atoms with E-state index in [1.807, 2.05) is 30.4 Å². The number of phenols is 1. The second-order valence-corrected chi connectivity index (χ2v) is 11.6. The lowest BCUT2D eigenvalue weighted by Gasteiger charge is -2.24. The van der Waals surface area contributed by atoms with Crippen LogP contribution in [0.25, 0.3) is 69.5 Å². The van der Waals surface area contributed by atoms with E-state index < -0.39 is 0 Å². The van der Waals surface area contributed by atoms with Crippen molar-refractivity contribution in [2.24, 2.45) is 0 Å². The van der Waals surface area contributed by atoms with Crippen molar-refractivity contribution in [3.63, 3.8) is 0 Å². The molecule has 0 aliphatic heterocycles. The zero-order valence-electron chi connectivity index (χ0n) is 23.4. The summed E-state index contributed by atoms with van der Waals surface area (Å²) in [6, 6.07) is 31.5. The van der Waals surface area contributed by atoms with E-state index in [1.54, 1.807) is 17.4 Å². The molecule has 6 aromatic carbocycles. The van der Waals surface area contributed by atoms with Crippen LogP contribution in [0.4, 0.5) is 0 Å². The first-order valence-electron chi connectivity index (χ1n) is 13.9. The van der Waals surface area contributed by atoms with E-state index in [0.29, 0.717) is 10.8 Å². The lowest BCUT2D eigenvalue weighted by Crippen LogP contribution is -2.32. The van der Waals surface area contributed by atoms with E-state index in [4.69, 9.17) is 23.5 Å². The highest BCUT2D eigenvalue weighted by molar-refractivity contribution is 7.26. The lowest BCUT2D eigenvalue weighted by atomic mass is 9.68. The maximum atomic E-state index is 11.0. The fourth-order valence-electron chi connectivity index (χ4n) is 6.28. The number of benzene rings is 6. The van der Waals surface area contributed by atoms with Crippen LogP contribution in [-0.4, -0.2) is 28.6 Å². The van der Waals surface area contributed by atoms with Crippen molar-refractivity contribution in [2.75, 3.05) is 0 Å². The molecule has 0 fully saturated rings. The van der Waals surface area contributed by atoms with Crippen molar-refractivity contribution in [3.05, 3.63) is 128 Å². The van der Waals surface area contributed by atoms with E-state index in [2.05, 4.69) is 86.0 Å². The summed E-state index contributed by atoms with van der Waals surface area (Å²) in [6.07, 6.45) is 5.41. The van der Waals surface area contributed by atoms with Crippen LogP contribution in [0.1, 0.15) is 5.56 Å². The topological polar surface area (TPSA) is 20.2 Å². The first kappa shape index (κ1) is 27.1. The van der Waals surface area contributed by atoms with Gasteiger partial charge in [0.25, 0.3) is 0 Å². The number of aromatic hydroxyl groups is 1. The molecule has 1 nitrogen and oxygen atoms in total. The minimum atomic E-state index is -0.223. The van der Waals surface area contributed by atoms with E-state index in [-0.39, 0.29) is 22.1 Å². The van der Waals surface area contributed by atoms with Gasteiger partial charge >= 0.3 is 0 Å². The summed E-state index contributed by atoms with van der Waals surface area (Å²) in [5.74, 6) is -0.223. The van der Waals surface area contributed by atoms with Gasteiger partial charge in [-0.05, 0) is 66.5 Å². The summed E-state index contributed by atoms with van der Waals surface area (Å²) in [5.41, 5.74) is 6.33. The van der Waals surface area contributed by atoms with Gasteiger partial charge in [0, 0.05) is 20.2 Å². The van der Waals surface area contributed by atoms with E-state index >= 15 is 0 Å². The molecular weight excluding hydrogens is 537 g/mol. The number of allylic oxidation sites excluding steroid dienone is 4. The zero-order chi connectivity index (χ0) is 29.8. The highest BCUT2D eigenvalue weighted by atomic mass is 32.1. The van der Waals surface area contributed by atoms with E-state index in [1.165, 1.54) is 15.8 Å². The Morgan fingerprint density at radius 3 is 2.12 bits per heavy atom. The van der Waals surface area contributed by atoms with Gasteiger partial charge in [-0.15, -0.1) is 11.3 Å². The molecule has 1 N–H and O–H groups in total. The summed E-state index contributed by atoms with van der Waals surface area (Å²) in [6.45, 7) is 8.18.